The number of piperidine rings is 1. The van der Waals surface area contributed by atoms with E-state index in [-0.39, 0.29) is 35.8 Å². The molecule has 3 N–H and O–H groups in total. The van der Waals surface area contributed by atoms with Crippen molar-refractivity contribution in [2.45, 2.75) is 12.8 Å². The molecule has 0 bridgehead atoms. The average Bonchev–Trinajstić information content (AvgIpc) is 2.59. The Kier molecular flexibility index (Phi) is 8.27. The van der Waals surface area contributed by atoms with E-state index in [1.165, 1.54) is 18.2 Å². The van der Waals surface area contributed by atoms with Crippen LogP contribution >= 0.6 is 28.3 Å². The molecule has 138 valence electrons. The molecule has 1 atom stereocenters. The summed E-state index contributed by atoms with van der Waals surface area (Å²) < 4.78 is 0.372. The molecule has 1 saturated heterocycles. The van der Waals surface area contributed by atoms with Gasteiger partial charge in [-0.1, -0.05) is 0 Å². The number of halogens is 2. The van der Waals surface area contributed by atoms with Crippen LogP contribution in [-0.2, 0) is 4.79 Å². The van der Waals surface area contributed by atoms with Crippen LogP contribution in [0, 0.1) is 16.0 Å². The van der Waals surface area contributed by atoms with E-state index in [1.807, 2.05) is 0 Å². The Morgan fingerprint density at radius 2 is 2.16 bits per heavy atom. The molecule has 1 aromatic rings. The van der Waals surface area contributed by atoms with E-state index in [9.17, 15) is 19.7 Å². The van der Waals surface area contributed by atoms with E-state index in [2.05, 4.69) is 21.2 Å². The molecule has 0 saturated carbocycles. The van der Waals surface area contributed by atoms with Crippen molar-refractivity contribution in [3.8, 4) is 0 Å². The molecule has 25 heavy (non-hydrogen) atoms. The summed E-state index contributed by atoms with van der Waals surface area (Å²) in [5.41, 5.74) is 5.64. The predicted molar refractivity (Wildman–Crippen MR) is 98.7 cm³/mol. The lowest BCUT2D eigenvalue weighted by molar-refractivity contribution is -0.384. The van der Waals surface area contributed by atoms with E-state index in [4.69, 9.17) is 5.73 Å². The molecule has 0 radical (unpaired) electrons. The van der Waals surface area contributed by atoms with E-state index >= 15 is 0 Å². The van der Waals surface area contributed by atoms with Gasteiger partial charge in [-0.25, -0.2) is 0 Å². The van der Waals surface area contributed by atoms with E-state index < -0.39 is 4.92 Å². The summed E-state index contributed by atoms with van der Waals surface area (Å²) in [5, 5.41) is 13.5. The number of non-ortho nitro benzene ring substituents is 1. The third kappa shape index (κ3) is 5.38. The molecule has 0 aromatic heterocycles. The Balaban J connectivity index is 0.00000312. The van der Waals surface area contributed by atoms with E-state index in [0.717, 1.165) is 12.8 Å². The summed E-state index contributed by atoms with van der Waals surface area (Å²) in [6.07, 6.45) is 1.46. The molecular formula is C15H20BrClN4O4. The Bertz CT molecular complexity index is 658. The average molecular weight is 436 g/mol. The number of nitrogens with one attached hydrogen (secondary N) is 1. The second-order valence-electron chi connectivity index (χ2n) is 5.59. The summed E-state index contributed by atoms with van der Waals surface area (Å²) in [6.45, 7) is 1.68. The lowest BCUT2D eigenvalue weighted by Gasteiger charge is -2.32. The van der Waals surface area contributed by atoms with Gasteiger partial charge in [-0.2, -0.15) is 0 Å². The Labute approximate surface area is 159 Å². The van der Waals surface area contributed by atoms with E-state index in [0.29, 0.717) is 36.2 Å². The molecule has 10 heteroatoms. The molecule has 1 fully saturated rings. The summed E-state index contributed by atoms with van der Waals surface area (Å²) in [6, 6.07) is 4.04. The molecule has 1 heterocycles. The van der Waals surface area contributed by atoms with Crippen molar-refractivity contribution in [3.05, 3.63) is 38.3 Å². The first-order chi connectivity index (χ1) is 11.4. The van der Waals surface area contributed by atoms with Gasteiger partial charge in [0.1, 0.15) is 0 Å². The number of rotatable bonds is 5. The van der Waals surface area contributed by atoms with Crippen LogP contribution in [0.25, 0.3) is 0 Å². The van der Waals surface area contributed by atoms with Crippen molar-refractivity contribution in [1.29, 1.82) is 0 Å². The zero-order valence-corrected chi connectivity index (χ0v) is 15.8. The first-order valence-electron chi connectivity index (χ1n) is 7.65. The number of nitrogens with two attached hydrogens (primary N) is 1. The van der Waals surface area contributed by atoms with Crippen LogP contribution < -0.4 is 11.1 Å². The second kappa shape index (κ2) is 9.69. The smallest absolute Gasteiger partial charge is 0.270 e. The largest absolute Gasteiger partial charge is 0.355 e. The number of hydrogen-bond donors (Lipinski definition) is 2. The van der Waals surface area contributed by atoms with Crippen molar-refractivity contribution in [3.63, 3.8) is 0 Å². The zero-order chi connectivity index (χ0) is 17.7. The monoisotopic (exact) mass is 434 g/mol. The number of nitro benzene ring substituents is 1. The van der Waals surface area contributed by atoms with Crippen LogP contribution in [0.15, 0.2) is 22.7 Å². The zero-order valence-electron chi connectivity index (χ0n) is 13.4. The molecule has 0 spiro atoms. The van der Waals surface area contributed by atoms with Crippen molar-refractivity contribution < 1.29 is 14.5 Å². The van der Waals surface area contributed by atoms with Crippen molar-refractivity contribution in [2.75, 3.05) is 26.2 Å². The minimum Gasteiger partial charge on any atom is -0.355 e. The van der Waals surface area contributed by atoms with Crippen LogP contribution in [0.3, 0.4) is 0 Å². The van der Waals surface area contributed by atoms with E-state index in [1.54, 1.807) is 4.90 Å². The third-order valence-corrected chi connectivity index (χ3v) is 4.57. The van der Waals surface area contributed by atoms with Gasteiger partial charge in [-0.15, -0.1) is 12.4 Å². The van der Waals surface area contributed by atoms with Crippen LogP contribution in [0.4, 0.5) is 5.69 Å². The van der Waals surface area contributed by atoms with Crippen LogP contribution in [0.5, 0.6) is 0 Å². The van der Waals surface area contributed by atoms with Gasteiger partial charge in [-0.3, -0.25) is 19.7 Å². The fourth-order valence-corrected chi connectivity index (χ4v) is 3.21. The van der Waals surface area contributed by atoms with Crippen molar-refractivity contribution in [1.82, 2.24) is 10.2 Å². The van der Waals surface area contributed by atoms with Gasteiger partial charge in [0.2, 0.25) is 5.91 Å². The summed E-state index contributed by atoms with van der Waals surface area (Å²) in [7, 11) is 0. The molecule has 2 rings (SSSR count). The number of nitro groups is 1. The van der Waals surface area contributed by atoms with Gasteiger partial charge in [0, 0.05) is 42.8 Å². The highest BCUT2D eigenvalue weighted by Gasteiger charge is 2.29. The number of benzene rings is 1. The highest BCUT2D eigenvalue weighted by atomic mass is 79.9. The summed E-state index contributed by atoms with van der Waals surface area (Å²) in [4.78, 5) is 36.6. The maximum Gasteiger partial charge on any atom is 0.270 e. The third-order valence-electron chi connectivity index (χ3n) is 3.92. The fraction of sp³-hybridized carbons (Fsp3) is 0.467. The van der Waals surface area contributed by atoms with Crippen molar-refractivity contribution in [2.24, 2.45) is 11.7 Å². The second-order valence-corrected chi connectivity index (χ2v) is 6.45. The van der Waals surface area contributed by atoms with Gasteiger partial charge < -0.3 is 16.0 Å². The number of likely N-dealkylation sites (tertiary alicyclic amines) is 1. The lowest BCUT2D eigenvalue weighted by atomic mass is 9.96. The standard InChI is InChI=1S/C15H19BrN4O4.ClH/c16-13-8-11(20(23)24)3-4-12(13)15(22)19-7-1-2-10(9-19)14(21)18-6-5-17;/h3-4,8,10H,1-2,5-7,9,17H2,(H,18,21);1H. The first-order valence-corrected chi connectivity index (χ1v) is 8.44. The number of carbonyl (C=O) groups excluding carboxylic acids is 2. The number of hydrogen-bond acceptors (Lipinski definition) is 5. The normalized spacial score (nSPS) is 16.7. The molecule has 1 aliphatic rings. The maximum absolute atomic E-state index is 12.7. The molecular weight excluding hydrogens is 416 g/mol. The predicted octanol–water partition coefficient (Wildman–Crippen LogP) is 1.71. The molecule has 1 aromatic carbocycles. The Morgan fingerprint density at radius 3 is 2.76 bits per heavy atom. The van der Waals surface area contributed by atoms with Crippen molar-refractivity contribution >= 4 is 45.8 Å². The molecule has 8 nitrogen and oxygen atoms in total. The summed E-state index contributed by atoms with van der Waals surface area (Å²) >= 11 is 3.22. The Morgan fingerprint density at radius 1 is 1.44 bits per heavy atom. The van der Waals surface area contributed by atoms with Gasteiger partial charge in [0.25, 0.3) is 11.6 Å². The molecule has 2 amide bonds. The van der Waals surface area contributed by atoms with Gasteiger partial charge in [-0.05, 0) is 34.8 Å². The summed E-state index contributed by atoms with van der Waals surface area (Å²) in [5.74, 6) is -0.597. The fourth-order valence-electron chi connectivity index (χ4n) is 2.68. The highest BCUT2D eigenvalue weighted by Crippen LogP contribution is 2.26. The van der Waals surface area contributed by atoms with Crippen LogP contribution in [-0.4, -0.2) is 47.8 Å². The van der Waals surface area contributed by atoms with Gasteiger partial charge in [0.15, 0.2) is 0 Å². The minimum atomic E-state index is -0.516. The van der Waals surface area contributed by atoms with Gasteiger partial charge in [0.05, 0.1) is 16.4 Å². The number of carbonyl (C=O) groups is 2. The Hall–Kier alpha value is -1.71. The minimum absolute atomic E-state index is 0. The quantitative estimate of drug-likeness (QED) is 0.539. The molecule has 0 aliphatic carbocycles. The first kappa shape index (κ1) is 21.3. The topological polar surface area (TPSA) is 119 Å². The number of amides is 2. The highest BCUT2D eigenvalue weighted by molar-refractivity contribution is 9.10. The molecule has 1 unspecified atom stereocenters. The SMILES string of the molecule is Cl.NCCNC(=O)C1CCCN(C(=O)c2ccc([N+](=O)[O-])cc2Br)C1. The number of nitrogens with zero attached hydrogens (tertiary/aromatic N) is 2. The van der Waals surface area contributed by atoms with Crippen LogP contribution in [0.2, 0.25) is 0 Å². The van der Waals surface area contributed by atoms with Gasteiger partial charge >= 0.3 is 0 Å². The molecule has 1 aliphatic heterocycles. The lowest BCUT2D eigenvalue weighted by Crippen LogP contribution is -2.46. The van der Waals surface area contributed by atoms with Crippen LogP contribution in [0.1, 0.15) is 23.2 Å². The maximum atomic E-state index is 12.7.